The highest BCUT2D eigenvalue weighted by atomic mass is 32.1. The molecule has 7 heteroatoms. The molecule has 1 atom stereocenters. The largest absolute Gasteiger partial charge is 0.396 e. The molecule has 0 radical (unpaired) electrons. The molecule has 3 rings (SSSR count). The standard InChI is InChI=1S/C21H27FN2O3S/c22-18-5-3-16(4-6-18)20(21(27)23(9-1-12-25)10-2-13-26)24-11-7-19-17(15-24)8-14-28-19/h3-6,8,14,20,25-26H,1-2,7,9-13,15H2. The molecule has 1 amide bonds. The molecule has 2 aromatic rings. The van der Waals surface area contributed by atoms with Crippen molar-refractivity contribution in [1.29, 1.82) is 0 Å². The van der Waals surface area contributed by atoms with Gasteiger partial charge in [-0.1, -0.05) is 12.1 Å². The summed E-state index contributed by atoms with van der Waals surface area (Å²) < 4.78 is 13.5. The molecule has 0 saturated heterocycles. The third kappa shape index (κ3) is 4.97. The Morgan fingerprint density at radius 3 is 2.46 bits per heavy atom. The summed E-state index contributed by atoms with van der Waals surface area (Å²) in [5, 5.41) is 20.5. The predicted octanol–water partition coefficient (Wildman–Crippen LogP) is 2.58. The second-order valence-corrected chi connectivity index (χ2v) is 8.02. The average molecular weight is 407 g/mol. The molecule has 152 valence electrons. The molecular formula is C21H27FN2O3S. The maximum absolute atomic E-state index is 13.5. The van der Waals surface area contributed by atoms with Crippen LogP contribution in [0.3, 0.4) is 0 Å². The van der Waals surface area contributed by atoms with E-state index in [2.05, 4.69) is 16.3 Å². The first-order chi connectivity index (χ1) is 13.6. The van der Waals surface area contributed by atoms with Crippen LogP contribution in [0.15, 0.2) is 35.7 Å². The zero-order valence-corrected chi connectivity index (χ0v) is 16.7. The van der Waals surface area contributed by atoms with Gasteiger partial charge in [0.2, 0.25) is 5.91 Å². The predicted molar refractivity (Wildman–Crippen MR) is 108 cm³/mol. The summed E-state index contributed by atoms with van der Waals surface area (Å²) in [6.45, 7) is 2.32. The van der Waals surface area contributed by atoms with E-state index in [-0.39, 0.29) is 24.9 Å². The molecule has 0 bridgehead atoms. The van der Waals surface area contributed by atoms with E-state index >= 15 is 0 Å². The van der Waals surface area contributed by atoms with Crippen molar-refractivity contribution in [2.45, 2.75) is 31.8 Å². The van der Waals surface area contributed by atoms with Gasteiger partial charge in [0.05, 0.1) is 0 Å². The van der Waals surface area contributed by atoms with Crippen LogP contribution in [-0.4, -0.2) is 58.8 Å². The summed E-state index contributed by atoms with van der Waals surface area (Å²) in [5.41, 5.74) is 2.01. The van der Waals surface area contributed by atoms with E-state index in [0.717, 1.165) is 18.5 Å². The molecule has 2 N–H and O–H groups in total. The first-order valence-corrected chi connectivity index (χ1v) is 10.6. The van der Waals surface area contributed by atoms with Crippen molar-refractivity contribution < 1.29 is 19.4 Å². The maximum atomic E-state index is 13.5. The highest BCUT2D eigenvalue weighted by Crippen LogP contribution is 2.32. The third-order valence-electron chi connectivity index (χ3n) is 5.11. The van der Waals surface area contributed by atoms with Crippen LogP contribution in [0.1, 0.15) is 34.9 Å². The number of hydrogen-bond acceptors (Lipinski definition) is 5. The second-order valence-electron chi connectivity index (χ2n) is 7.02. The number of aliphatic hydroxyl groups is 2. The van der Waals surface area contributed by atoms with Gasteiger partial charge < -0.3 is 15.1 Å². The van der Waals surface area contributed by atoms with Crippen LogP contribution in [0.5, 0.6) is 0 Å². The minimum Gasteiger partial charge on any atom is -0.396 e. The topological polar surface area (TPSA) is 64.0 Å². The van der Waals surface area contributed by atoms with Crippen LogP contribution < -0.4 is 0 Å². The summed E-state index contributed by atoms with van der Waals surface area (Å²) in [6, 6.07) is 7.73. The maximum Gasteiger partial charge on any atom is 0.244 e. The van der Waals surface area contributed by atoms with Gasteiger partial charge >= 0.3 is 0 Å². The third-order valence-corrected chi connectivity index (χ3v) is 6.13. The van der Waals surface area contributed by atoms with Gasteiger partial charge in [-0.05, 0) is 54.0 Å². The molecule has 0 fully saturated rings. The van der Waals surface area contributed by atoms with Crippen molar-refractivity contribution in [1.82, 2.24) is 9.80 Å². The lowest BCUT2D eigenvalue weighted by molar-refractivity contribution is -0.138. The van der Waals surface area contributed by atoms with E-state index in [0.29, 0.717) is 32.5 Å². The normalized spacial score (nSPS) is 15.2. The van der Waals surface area contributed by atoms with Crippen LogP contribution in [0.25, 0.3) is 0 Å². The quantitative estimate of drug-likeness (QED) is 0.672. The van der Waals surface area contributed by atoms with Crippen LogP contribution in [0.2, 0.25) is 0 Å². The minimum atomic E-state index is -0.508. The first kappa shape index (κ1) is 20.9. The molecule has 0 saturated carbocycles. The fraction of sp³-hybridized carbons (Fsp3) is 0.476. The van der Waals surface area contributed by atoms with Gasteiger partial charge in [0, 0.05) is 44.3 Å². The Balaban J connectivity index is 1.88. The Hall–Kier alpha value is -1.80. The second kappa shape index (κ2) is 10.1. The minimum absolute atomic E-state index is 0.00605. The highest BCUT2D eigenvalue weighted by Gasteiger charge is 2.33. The Kier molecular flexibility index (Phi) is 7.56. The molecule has 1 aromatic carbocycles. The molecule has 1 aliphatic heterocycles. The van der Waals surface area contributed by atoms with Crippen LogP contribution in [-0.2, 0) is 17.8 Å². The monoisotopic (exact) mass is 406 g/mol. The molecule has 2 heterocycles. The van der Waals surface area contributed by atoms with Crippen molar-refractivity contribution in [2.75, 3.05) is 32.8 Å². The summed E-state index contributed by atoms with van der Waals surface area (Å²) in [5.74, 6) is -0.390. The van der Waals surface area contributed by atoms with E-state index in [4.69, 9.17) is 0 Å². The van der Waals surface area contributed by atoms with Crippen LogP contribution >= 0.6 is 11.3 Å². The number of carbonyl (C=O) groups is 1. The number of fused-ring (bicyclic) bond motifs is 1. The Labute approximate surface area is 169 Å². The van der Waals surface area contributed by atoms with E-state index in [1.807, 2.05) is 0 Å². The van der Waals surface area contributed by atoms with Crippen molar-refractivity contribution >= 4 is 17.2 Å². The van der Waals surface area contributed by atoms with E-state index in [1.165, 1.54) is 22.6 Å². The molecule has 0 spiro atoms. The van der Waals surface area contributed by atoms with Crippen molar-refractivity contribution in [3.63, 3.8) is 0 Å². The van der Waals surface area contributed by atoms with Crippen molar-refractivity contribution in [3.8, 4) is 0 Å². The Bertz CT molecular complexity index is 757. The lowest BCUT2D eigenvalue weighted by Gasteiger charge is -2.37. The Morgan fingerprint density at radius 2 is 1.82 bits per heavy atom. The fourth-order valence-electron chi connectivity index (χ4n) is 3.67. The molecule has 0 aliphatic carbocycles. The highest BCUT2D eigenvalue weighted by molar-refractivity contribution is 7.10. The SMILES string of the molecule is O=C(C(c1ccc(F)cc1)N1CCc2sccc2C1)N(CCCO)CCCO. The lowest BCUT2D eigenvalue weighted by Crippen LogP contribution is -2.45. The lowest BCUT2D eigenvalue weighted by atomic mass is 9.99. The van der Waals surface area contributed by atoms with E-state index in [9.17, 15) is 19.4 Å². The number of carbonyl (C=O) groups excluding carboxylic acids is 1. The average Bonchev–Trinajstić information content (AvgIpc) is 3.17. The van der Waals surface area contributed by atoms with Crippen molar-refractivity contribution in [2.24, 2.45) is 0 Å². The van der Waals surface area contributed by atoms with E-state index < -0.39 is 6.04 Å². The Morgan fingerprint density at radius 1 is 1.14 bits per heavy atom. The number of amides is 1. The number of benzene rings is 1. The number of rotatable bonds is 9. The number of halogens is 1. The number of hydrogen-bond donors (Lipinski definition) is 2. The molecular weight excluding hydrogens is 379 g/mol. The number of aliphatic hydroxyl groups excluding tert-OH is 2. The van der Waals surface area contributed by atoms with Crippen molar-refractivity contribution in [3.05, 3.63) is 57.5 Å². The van der Waals surface area contributed by atoms with Gasteiger partial charge in [0.1, 0.15) is 11.9 Å². The zero-order chi connectivity index (χ0) is 19.9. The fourth-order valence-corrected chi connectivity index (χ4v) is 4.56. The van der Waals surface area contributed by atoms with Crippen LogP contribution in [0, 0.1) is 5.82 Å². The zero-order valence-electron chi connectivity index (χ0n) is 15.9. The van der Waals surface area contributed by atoms with E-state index in [1.54, 1.807) is 28.4 Å². The number of nitrogens with zero attached hydrogens (tertiary/aromatic N) is 2. The smallest absolute Gasteiger partial charge is 0.244 e. The molecule has 1 aromatic heterocycles. The summed E-state index contributed by atoms with van der Waals surface area (Å²) in [4.78, 5) is 18.7. The van der Waals surface area contributed by atoms with Gasteiger partial charge in [0.15, 0.2) is 0 Å². The summed E-state index contributed by atoms with van der Waals surface area (Å²) in [7, 11) is 0. The number of thiophene rings is 1. The van der Waals surface area contributed by atoms with Gasteiger partial charge in [-0.25, -0.2) is 4.39 Å². The molecule has 28 heavy (non-hydrogen) atoms. The summed E-state index contributed by atoms with van der Waals surface area (Å²) in [6.07, 6.45) is 1.87. The molecule has 5 nitrogen and oxygen atoms in total. The van der Waals surface area contributed by atoms with Gasteiger partial charge in [0.25, 0.3) is 0 Å². The summed E-state index contributed by atoms with van der Waals surface area (Å²) >= 11 is 1.75. The first-order valence-electron chi connectivity index (χ1n) is 9.69. The molecule has 1 aliphatic rings. The molecule has 1 unspecified atom stereocenters. The van der Waals surface area contributed by atoms with Gasteiger partial charge in [-0.15, -0.1) is 11.3 Å². The van der Waals surface area contributed by atoms with Gasteiger partial charge in [-0.3, -0.25) is 9.69 Å². The van der Waals surface area contributed by atoms with Gasteiger partial charge in [-0.2, -0.15) is 0 Å². The van der Waals surface area contributed by atoms with Crippen LogP contribution in [0.4, 0.5) is 4.39 Å².